The number of furan rings is 1. The van der Waals surface area contributed by atoms with Gasteiger partial charge in [-0.25, -0.2) is 5.43 Å². The van der Waals surface area contributed by atoms with Crippen molar-refractivity contribution in [1.29, 1.82) is 0 Å². The van der Waals surface area contributed by atoms with E-state index in [1.54, 1.807) is 6.07 Å². The first-order valence-corrected chi connectivity index (χ1v) is 9.72. The van der Waals surface area contributed by atoms with Gasteiger partial charge in [0, 0.05) is 12.0 Å². The van der Waals surface area contributed by atoms with Gasteiger partial charge < -0.3 is 4.42 Å². The highest BCUT2D eigenvalue weighted by atomic mass is 79.9. The summed E-state index contributed by atoms with van der Waals surface area (Å²) in [5.41, 5.74) is 5.26. The number of rotatable bonds is 4. The Kier molecular flexibility index (Phi) is 5.21. The van der Waals surface area contributed by atoms with Gasteiger partial charge in [0.1, 0.15) is 5.76 Å². The van der Waals surface area contributed by atoms with Crippen LogP contribution < -0.4 is 5.43 Å². The van der Waals surface area contributed by atoms with Gasteiger partial charge >= 0.3 is 0 Å². The number of halogens is 2. The lowest BCUT2D eigenvalue weighted by molar-refractivity contribution is -0.122. The summed E-state index contributed by atoms with van der Waals surface area (Å²) in [6.45, 7) is 6.59. The maximum absolute atomic E-state index is 12.2. The predicted molar refractivity (Wildman–Crippen MR) is 106 cm³/mol. The molecule has 0 saturated heterocycles. The molecule has 1 N–H and O–H groups in total. The molecular weight excluding hydrogens is 448 g/mol. The number of benzene rings is 1. The van der Waals surface area contributed by atoms with Crippen molar-refractivity contribution in [2.45, 2.75) is 38.5 Å². The standard InChI is InChI=1S/C19H20Br2N2O2/c1-19(2,3)12-6-4-11(5-7-12)14-9-15(14)18(24)23-22-10-13-8-16(20)17(21)25-13/h4-8,10,14-15H,9H2,1-3H3,(H,23,24)/t14-,15+/m1/s1. The third-order valence-corrected chi connectivity index (χ3v) is 6.07. The van der Waals surface area contributed by atoms with E-state index in [9.17, 15) is 4.79 Å². The first-order valence-electron chi connectivity index (χ1n) is 8.14. The van der Waals surface area contributed by atoms with Crippen molar-refractivity contribution in [1.82, 2.24) is 5.43 Å². The fraction of sp³-hybridized carbons (Fsp3) is 0.368. The number of nitrogens with one attached hydrogen (secondary N) is 1. The zero-order valence-corrected chi connectivity index (χ0v) is 17.5. The Morgan fingerprint density at radius 3 is 2.52 bits per heavy atom. The van der Waals surface area contributed by atoms with Gasteiger partial charge in [-0.1, -0.05) is 45.0 Å². The van der Waals surface area contributed by atoms with Gasteiger partial charge in [0.2, 0.25) is 5.91 Å². The first kappa shape index (κ1) is 18.4. The van der Waals surface area contributed by atoms with Crippen LogP contribution in [-0.2, 0) is 10.2 Å². The monoisotopic (exact) mass is 466 g/mol. The van der Waals surface area contributed by atoms with Crippen molar-refractivity contribution in [3.05, 3.63) is 56.4 Å². The van der Waals surface area contributed by atoms with Crippen molar-refractivity contribution in [2.24, 2.45) is 11.0 Å². The zero-order chi connectivity index (χ0) is 18.2. The summed E-state index contributed by atoms with van der Waals surface area (Å²) in [6.07, 6.45) is 2.36. The summed E-state index contributed by atoms with van der Waals surface area (Å²) in [6, 6.07) is 10.4. The predicted octanol–water partition coefficient (Wildman–Crippen LogP) is 5.36. The number of carbonyl (C=O) groups excluding carboxylic acids is 1. The molecule has 1 amide bonds. The van der Waals surface area contributed by atoms with E-state index in [-0.39, 0.29) is 23.2 Å². The van der Waals surface area contributed by atoms with Crippen molar-refractivity contribution >= 4 is 44.0 Å². The van der Waals surface area contributed by atoms with Crippen molar-refractivity contribution in [2.75, 3.05) is 0 Å². The van der Waals surface area contributed by atoms with E-state index in [1.807, 2.05) is 0 Å². The molecule has 0 aliphatic heterocycles. The van der Waals surface area contributed by atoms with Gasteiger partial charge in [-0.05, 0) is 60.7 Å². The van der Waals surface area contributed by atoms with Crippen LogP contribution in [0.5, 0.6) is 0 Å². The molecule has 1 fully saturated rings. The molecule has 0 spiro atoms. The fourth-order valence-corrected chi connectivity index (χ4v) is 3.36. The van der Waals surface area contributed by atoms with Crippen LogP contribution in [0.3, 0.4) is 0 Å². The molecule has 0 unspecified atom stereocenters. The number of hydrogen-bond donors (Lipinski definition) is 1. The Morgan fingerprint density at radius 1 is 1.28 bits per heavy atom. The van der Waals surface area contributed by atoms with E-state index in [4.69, 9.17) is 4.42 Å². The van der Waals surface area contributed by atoms with Crippen LogP contribution in [0, 0.1) is 5.92 Å². The zero-order valence-electron chi connectivity index (χ0n) is 14.3. The summed E-state index contributed by atoms with van der Waals surface area (Å²) >= 11 is 6.59. The average Bonchev–Trinajstić information content (AvgIpc) is 3.28. The van der Waals surface area contributed by atoms with Crippen LogP contribution in [-0.4, -0.2) is 12.1 Å². The number of nitrogens with zero attached hydrogens (tertiary/aromatic N) is 1. The smallest absolute Gasteiger partial charge is 0.243 e. The van der Waals surface area contributed by atoms with Crippen molar-refractivity contribution < 1.29 is 9.21 Å². The third kappa shape index (κ3) is 4.42. The molecular formula is C19H20Br2N2O2. The summed E-state index contributed by atoms with van der Waals surface area (Å²) < 4.78 is 6.78. The van der Waals surface area contributed by atoms with Gasteiger partial charge in [-0.2, -0.15) is 5.10 Å². The van der Waals surface area contributed by atoms with Gasteiger partial charge in [0.15, 0.2) is 4.67 Å². The fourth-order valence-electron chi connectivity index (χ4n) is 2.75. The Balaban J connectivity index is 1.55. The van der Waals surface area contributed by atoms with E-state index in [2.05, 4.69) is 87.4 Å². The molecule has 132 valence electrons. The molecule has 1 heterocycles. The van der Waals surface area contributed by atoms with Gasteiger partial charge in [-0.15, -0.1) is 0 Å². The Hall–Kier alpha value is -1.40. The SMILES string of the molecule is CC(C)(C)c1ccc([C@H]2C[C@@H]2C(=O)NN=Cc2cc(Br)c(Br)o2)cc1. The first-order chi connectivity index (χ1) is 11.8. The minimum absolute atomic E-state index is 0.00675. The second kappa shape index (κ2) is 7.08. The van der Waals surface area contributed by atoms with Gasteiger partial charge in [0.25, 0.3) is 0 Å². The van der Waals surface area contributed by atoms with Gasteiger partial charge in [-0.3, -0.25) is 4.79 Å². The lowest BCUT2D eigenvalue weighted by atomic mass is 9.86. The van der Waals surface area contributed by atoms with Crippen LogP contribution in [0.15, 0.2) is 49.0 Å². The maximum Gasteiger partial charge on any atom is 0.243 e. The normalized spacial score (nSPS) is 20.0. The molecule has 0 bridgehead atoms. The summed E-state index contributed by atoms with van der Waals surface area (Å²) in [5.74, 6) is 0.791. The highest BCUT2D eigenvalue weighted by Gasteiger charge is 2.44. The average molecular weight is 468 g/mol. The third-order valence-electron chi connectivity index (χ3n) is 4.36. The molecule has 4 nitrogen and oxygen atoms in total. The minimum Gasteiger partial charge on any atom is -0.447 e. The topological polar surface area (TPSA) is 54.6 Å². The number of hydrogen-bond acceptors (Lipinski definition) is 3. The molecule has 2 atom stereocenters. The van der Waals surface area contributed by atoms with Crippen LogP contribution in [0.1, 0.15) is 50.0 Å². The van der Waals surface area contributed by atoms with Crippen molar-refractivity contribution in [3.63, 3.8) is 0 Å². The number of hydrazone groups is 1. The molecule has 1 aromatic heterocycles. The van der Waals surface area contributed by atoms with Crippen LogP contribution >= 0.6 is 31.9 Å². The van der Waals surface area contributed by atoms with Crippen LogP contribution in [0.25, 0.3) is 0 Å². The number of amides is 1. The summed E-state index contributed by atoms with van der Waals surface area (Å²) in [4.78, 5) is 12.2. The minimum atomic E-state index is -0.0502. The molecule has 1 aromatic carbocycles. The van der Waals surface area contributed by atoms with Crippen LogP contribution in [0.2, 0.25) is 0 Å². The molecule has 3 rings (SSSR count). The van der Waals surface area contributed by atoms with E-state index in [0.29, 0.717) is 10.4 Å². The summed E-state index contributed by atoms with van der Waals surface area (Å²) in [7, 11) is 0. The molecule has 6 heteroatoms. The van der Waals surface area contributed by atoms with E-state index >= 15 is 0 Å². The Bertz CT molecular complexity index is 784. The number of carbonyl (C=O) groups is 1. The van der Waals surface area contributed by atoms with E-state index in [1.165, 1.54) is 17.3 Å². The van der Waals surface area contributed by atoms with E-state index in [0.717, 1.165) is 10.9 Å². The molecule has 2 aromatic rings. The second-order valence-corrected chi connectivity index (χ2v) is 8.90. The van der Waals surface area contributed by atoms with Crippen LogP contribution in [0.4, 0.5) is 0 Å². The highest BCUT2D eigenvalue weighted by molar-refractivity contribution is 9.13. The molecule has 1 aliphatic carbocycles. The van der Waals surface area contributed by atoms with Gasteiger partial charge in [0.05, 0.1) is 10.7 Å². The summed E-state index contributed by atoms with van der Waals surface area (Å²) in [5, 5.41) is 3.97. The highest BCUT2D eigenvalue weighted by Crippen LogP contribution is 2.47. The molecule has 1 aliphatic rings. The molecule has 0 radical (unpaired) electrons. The lowest BCUT2D eigenvalue weighted by Crippen LogP contribution is -2.20. The quantitative estimate of drug-likeness (QED) is 0.486. The Labute approximate surface area is 164 Å². The largest absolute Gasteiger partial charge is 0.447 e. The maximum atomic E-state index is 12.2. The molecule has 1 saturated carbocycles. The van der Waals surface area contributed by atoms with E-state index < -0.39 is 0 Å². The lowest BCUT2D eigenvalue weighted by Gasteiger charge is -2.19. The van der Waals surface area contributed by atoms with Crippen molar-refractivity contribution in [3.8, 4) is 0 Å². The Morgan fingerprint density at radius 2 is 1.96 bits per heavy atom. The molecule has 25 heavy (non-hydrogen) atoms. The second-order valence-electron chi connectivity index (χ2n) is 7.33.